The number of halogens is 1. The Morgan fingerprint density at radius 2 is 1.73 bits per heavy atom. The quantitative estimate of drug-likeness (QED) is 0.861. The van der Waals surface area contributed by atoms with Gasteiger partial charge >= 0.3 is 0 Å². The molecule has 2 aromatic rings. The van der Waals surface area contributed by atoms with Crippen molar-refractivity contribution in [2.24, 2.45) is 0 Å². The number of carbonyl (C=O) groups excluding carboxylic acids is 1. The van der Waals surface area contributed by atoms with Crippen LogP contribution in [0.4, 0.5) is 15.8 Å². The molecule has 0 radical (unpaired) electrons. The van der Waals surface area contributed by atoms with Crippen LogP contribution < -0.4 is 10.2 Å². The van der Waals surface area contributed by atoms with Crippen LogP contribution in [0.2, 0.25) is 0 Å². The van der Waals surface area contributed by atoms with Crippen LogP contribution in [0.3, 0.4) is 0 Å². The van der Waals surface area contributed by atoms with E-state index in [-0.39, 0.29) is 11.7 Å². The minimum Gasteiger partial charge on any atom is -0.369 e. The number of anilines is 2. The number of hydrogen-bond acceptors (Lipinski definition) is 3. The maximum Gasteiger partial charge on any atom is 0.225 e. The lowest BCUT2D eigenvalue weighted by molar-refractivity contribution is -0.116. The molecule has 1 amide bonds. The average Bonchev–Trinajstić information content (AvgIpc) is 2.68. The topological polar surface area (TPSA) is 35.6 Å². The molecule has 1 heterocycles. The molecule has 1 N–H and O–H groups in total. The summed E-state index contributed by atoms with van der Waals surface area (Å²) in [6, 6.07) is 14.6. The van der Waals surface area contributed by atoms with E-state index < -0.39 is 0 Å². The van der Waals surface area contributed by atoms with Crippen LogP contribution in [0.1, 0.15) is 18.9 Å². The van der Waals surface area contributed by atoms with Gasteiger partial charge in [0.05, 0.1) is 0 Å². The summed E-state index contributed by atoms with van der Waals surface area (Å²) >= 11 is 0. The zero-order valence-electron chi connectivity index (χ0n) is 15.2. The molecule has 1 aliphatic rings. The van der Waals surface area contributed by atoms with Crippen molar-refractivity contribution < 1.29 is 9.18 Å². The molecular weight excluding hydrogens is 329 g/mol. The van der Waals surface area contributed by atoms with E-state index in [1.54, 1.807) is 0 Å². The van der Waals surface area contributed by atoms with E-state index in [2.05, 4.69) is 22.0 Å². The highest BCUT2D eigenvalue weighted by molar-refractivity contribution is 5.91. The lowest BCUT2D eigenvalue weighted by Gasteiger charge is -2.36. The highest BCUT2D eigenvalue weighted by atomic mass is 19.1. The number of nitrogens with zero attached hydrogens (tertiary/aromatic N) is 2. The first-order valence-corrected chi connectivity index (χ1v) is 9.26. The summed E-state index contributed by atoms with van der Waals surface area (Å²) in [6.45, 7) is 6.47. The van der Waals surface area contributed by atoms with Crippen LogP contribution >= 0.6 is 0 Å². The largest absolute Gasteiger partial charge is 0.369 e. The van der Waals surface area contributed by atoms with E-state index in [0.29, 0.717) is 6.42 Å². The monoisotopic (exact) mass is 355 g/mol. The number of rotatable bonds is 6. The van der Waals surface area contributed by atoms with Crippen LogP contribution in [0.5, 0.6) is 0 Å². The third kappa shape index (κ3) is 4.82. The Balaban J connectivity index is 1.43. The summed E-state index contributed by atoms with van der Waals surface area (Å²) in [6.07, 6.45) is 1.40. The molecule has 0 aliphatic carbocycles. The van der Waals surface area contributed by atoms with Crippen LogP contribution in [0.25, 0.3) is 0 Å². The van der Waals surface area contributed by atoms with E-state index in [1.807, 2.05) is 36.4 Å². The fourth-order valence-electron chi connectivity index (χ4n) is 3.30. The number of piperazine rings is 1. The van der Waals surface area contributed by atoms with Gasteiger partial charge in [-0.25, -0.2) is 4.39 Å². The standard InChI is InChI=1S/C21H26FN3O/c1-2-17-5-3-4-6-20(17)23-21(26)11-12-24-13-15-25(16-14-24)19-9-7-18(22)8-10-19/h3-10H,2,11-16H2,1H3,(H,23,26). The van der Waals surface area contributed by atoms with Crippen LogP contribution in [-0.2, 0) is 11.2 Å². The van der Waals surface area contributed by atoms with Crippen molar-refractivity contribution in [3.8, 4) is 0 Å². The molecule has 138 valence electrons. The highest BCUT2D eigenvalue weighted by Crippen LogP contribution is 2.18. The van der Waals surface area contributed by atoms with Gasteiger partial charge in [0.15, 0.2) is 0 Å². The van der Waals surface area contributed by atoms with Gasteiger partial charge in [-0.05, 0) is 42.3 Å². The van der Waals surface area contributed by atoms with Gasteiger partial charge in [-0.3, -0.25) is 9.69 Å². The molecule has 1 fully saturated rings. The first-order chi connectivity index (χ1) is 12.7. The molecule has 4 nitrogen and oxygen atoms in total. The van der Waals surface area contributed by atoms with Gasteiger partial charge in [-0.15, -0.1) is 0 Å². The summed E-state index contributed by atoms with van der Waals surface area (Å²) in [5, 5.41) is 3.03. The average molecular weight is 355 g/mol. The molecule has 0 atom stereocenters. The maximum absolute atomic E-state index is 13.0. The van der Waals surface area contributed by atoms with Crippen molar-refractivity contribution in [2.45, 2.75) is 19.8 Å². The lowest BCUT2D eigenvalue weighted by Crippen LogP contribution is -2.47. The molecule has 0 spiro atoms. The normalized spacial score (nSPS) is 15.1. The third-order valence-electron chi connectivity index (χ3n) is 4.89. The van der Waals surface area contributed by atoms with Crippen molar-refractivity contribution in [3.05, 3.63) is 59.9 Å². The number of hydrogen-bond donors (Lipinski definition) is 1. The van der Waals surface area contributed by atoms with Gasteiger partial charge < -0.3 is 10.2 Å². The van der Waals surface area contributed by atoms with Gasteiger partial charge in [-0.1, -0.05) is 25.1 Å². The molecule has 5 heteroatoms. The molecule has 0 aromatic heterocycles. The van der Waals surface area contributed by atoms with Gasteiger partial charge in [-0.2, -0.15) is 0 Å². The first-order valence-electron chi connectivity index (χ1n) is 9.26. The van der Waals surface area contributed by atoms with Crippen LogP contribution in [0, 0.1) is 5.82 Å². The fraction of sp³-hybridized carbons (Fsp3) is 0.381. The molecule has 0 saturated carbocycles. The second-order valence-electron chi connectivity index (χ2n) is 6.61. The summed E-state index contributed by atoms with van der Waals surface area (Å²) in [5.41, 5.74) is 3.13. The smallest absolute Gasteiger partial charge is 0.225 e. The summed E-state index contributed by atoms with van der Waals surface area (Å²) in [4.78, 5) is 16.8. The zero-order valence-corrected chi connectivity index (χ0v) is 15.2. The van der Waals surface area contributed by atoms with E-state index in [4.69, 9.17) is 0 Å². The van der Waals surface area contributed by atoms with E-state index in [9.17, 15) is 9.18 Å². The number of benzene rings is 2. The van der Waals surface area contributed by atoms with E-state index >= 15 is 0 Å². The molecule has 1 saturated heterocycles. The van der Waals surface area contributed by atoms with Crippen molar-refractivity contribution >= 4 is 17.3 Å². The number of nitrogens with one attached hydrogen (secondary N) is 1. The Morgan fingerprint density at radius 1 is 1.04 bits per heavy atom. The number of aryl methyl sites for hydroxylation is 1. The van der Waals surface area contributed by atoms with Gasteiger partial charge in [0.25, 0.3) is 0 Å². The molecule has 0 bridgehead atoms. The molecular formula is C21H26FN3O. The molecule has 1 aliphatic heterocycles. The number of para-hydroxylation sites is 1. The van der Waals surface area contributed by atoms with Crippen LogP contribution in [-0.4, -0.2) is 43.5 Å². The second kappa shape index (κ2) is 8.81. The van der Waals surface area contributed by atoms with Crippen LogP contribution in [0.15, 0.2) is 48.5 Å². The molecule has 2 aromatic carbocycles. The Bertz CT molecular complexity index is 724. The molecule has 26 heavy (non-hydrogen) atoms. The first kappa shape index (κ1) is 18.4. The SMILES string of the molecule is CCc1ccccc1NC(=O)CCN1CCN(c2ccc(F)cc2)CC1. The Labute approximate surface area is 154 Å². The molecule has 0 unspecified atom stereocenters. The van der Waals surface area contributed by atoms with Crippen molar-refractivity contribution in [1.82, 2.24) is 4.90 Å². The Hall–Kier alpha value is -2.40. The second-order valence-corrected chi connectivity index (χ2v) is 6.61. The fourth-order valence-corrected chi connectivity index (χ4v) is 3.30. The van der Waals surface area contributed by atoms with Crippen molar-refractivity contribution in [2.75, 3.05) is 42.9 Å². The van der Waals surface area contributed by atoms with Gasteiger partial charge in [0.1, 0.15) is 5.82 Å². The highest BCUT2D eigenvalue weighted by Gasteiger charge is 2.18. The number of carbonyl (C=O) groups is 1. The minimum atomic E-state index is -0.206. The predicted octanol–water partition coefficient (Wildman–Crippen LogP) is 3.54. The molecule has 3 rings (SSSR count). The van der Waals surface area contributed by atoms with Gasteiger partial charge in [0.2, 0.25) is 5.91 Å². The lowest BCUT2D eigenvalue weighted by atomic mass is 10.1. The number of amides is 1. The maximum atomic E-state index is 13.0. The minimum absolute atomic E-state index is 0.0619. The Kier molecular flexibility index (Phi) is 6.23. The van der Waals surface area contributed by atoms with Gasteiger partial charge in [0, 0.05) is 50.5 Å². The van der Waals surface area contributed by atoms with E-state index in [0.717, 1.165) is 56.1 Å². The van der Waals surface area contributed by atoms with Crippen molar-refractivity contribution in [1.29, 1.82) is 0 Å². The predicted molar refractivity (Wildman–Crippen MR) is 104 cm³/mol. The summed E-state index contributed by atoms with van der Waals surface area (Å²) in [7, 11) is 0. The zero-order chi connectivity index (χ0) is 18.4. The Morgan fingerprint density at radius 3 is 2.42 bits per heavy atom. The van der Waals surface area contributed by atoms with Crippen molar-refractivity contribution in [3.63, 3.8) is 0 Å². The van der Waals surface area contributed by atoms with E-state index in [1.165, 1.54) is 12.1 Å². The third-order valence-corrected chi connectivity index (χ3v) is 4.89. The summed E-state index contributed by atoms with van der Waals surface area (Å²) in [5.74, 6) is -0.144. The summed E-state index contributed by atoms with van der Waals surface area (Å²) < 4.78 is 13.0.